The monoisotopic (exact) mass is 428 g/mol. The average Bonchev–Trinajstić information content (AvgIpc) is 3.24. The number of fused-ring (bicyclic) bond motifs is 1. The van der Waals surface area contributed by atoms with Crippen LogP contribution in [0, 0.1) is 6.92 Å². The molecule has 2 heterocycles. The Labute approximate surface area is 174 Å². The van der Waals surface area contributed by atoms with Crippen LogP contribution in [-0.2, 0) is 0 Å². The van der Waals surface area contributed by atoms with Gasteiger partial charge in [-0.05, 0) is 61.6 Å². The van der Waals surface area contributed by atoms with Crippen molar-refractivity contribution in [1.82, 2.24) is 25.1 Å². The first-order chi connectivity index (χ1) is 13.5. The van der Waals surface area contributed by atoms with Crippen molar-refractivity contribution in [1.29, 1.82) is 0 Å². The highest BCUT2D eigenvalue weighted by molar-refractivity contribution is 7.80. The highest BCUT2D eigenvalue weighted by Crippen LogP contribution is 2.26. The summed E-state index contributed by atoms with van der Waals surface area (Å²) in [5, 5.41) is 19.7. The van der Waals surface area contributed by atoms with Gasteiger partial charge in [0.15, 0.2) is 10.9 Å². The van der Waals surface area contributed by atoms with Crippen molar-refractivity contribution in [2.24, 2.45) is 0 Å². The molecule has 2 N–H and O–H groups in total. The minimum Gasteiger partial charge on any atom is -0.332 e. The van der Waals surface area contributed by atoms with E-state index >= 15 is 0 Å². The minimum absolute atomic E-state index is 0.201. The van der Waals surface area contributed by atoms with Crippen LogP contribution >= 0.6 is 35.2 Å². The van der Waals surface area contributed by atoms with E-state index in [1.165, 1.54) is 11.3 Å². The molecule has 0 aliphatic heterocycles. The van der Waals surface area contributed by atoms with Crippen LogP contribution in [0.3, 0.4) is 0 Å². The van der Waals surface area contributed by atoms with Gasteiger partial charge in [0.1, 0.15) is 5.01 Å². The Hall–Kier alpha value is -2.88. The van der Waals surface area contributed by atoms with E-state index in [4.69, 9.17) is 23.8 Å². The lowest BCUT2D eigenvalue weighted by Gasteiger charge is -2.10. The number of thiocarbonyl (C=S) groups is 1. The number of hydrogen-bond acceptors (Lipinski definition) is 6. The number of aromatic nitrogens is 4. The first kappa shape index (κ1) is 18.5. The van der Waals surface area contributed by atoms with Crippen LogP contribution in [0.15, 0.2) is 48.5 Å². The Balaban J connectivity index is 1.42. The molecule has 10 heteroatoms. The molecule has 0 unspecified atom stereocenters. The summed E-state index contributed by atoms with van der Waals surface area (Å²) in [7, 11) is 0. The predicted octanol–water partition coefficient (Wildman–Crippen LogP) is 3.94. The molecule has 7 nitrogen and oxygen atoms in total. The number of nitrogens with one attached hydrogen (secondary N) is 2. The molecule has 0 spiro atoms. The minimum atomic E-state index is -0.327. The van der Waals surface area contributed by atoms with Gasteiger partial charge >= 0.3 is 0 Å². The topological polar surface area (TPSA) is 84.2 Å². The Bertz CT molecular complexity index is 1180. The standard InChI is InChI=1S/C18H13ClN6OS2/c1-10-22-23-18-25(10)24-16(28-18)11-5-7-14(8-6-11)20-17(27)21-15(26)12-3-2-4-13(19)9-12/h2-9H,1H3,(H2,20,21,26,27). The van der Waals surface area contributed by atoms with Gasteiger partial charge in [-0.15, -0.1) is 10.2 Å². The molecule has 0 bridgehead atoms. The van der Waals surface area contributed by atoms with Crippen LogP contribution in [0.4, 0.5) is 5.69 Å². The lowest BCUT2D eigenvalue weighted by molar-refractivity contribution is 0.0977. The Morgan fingerprint density at radius 2 is 1.96 bits per heavy atom. The highest BCUT2D eigenvalue weighted by atomic mass is 35.5. The van der Waals surface area contributed by atoms with Crippen LogP contribution in [-0.4, -0.2) is 30.8 Å². The van der Waals surface area contributed by atoms with Gasteiger partial charge in [-0.25, -0.2) is 0 Å². The molecule has 0 fully saturated rings. The predicted molar refractivity (Wildman–Crippen MR) is 114 cm³/mol. The van der Waals surface area contributed by atoms with Crippen LogP contribution < -0.4 is 10.6 Å². The molecule has 0 radical (unpaired) electrons. The third-order valence-electron chi connectivity index (χ3n) is 3.85. The van der Waals surface area contributed by atoms with Crippen molar-refractivity contribution in [3.05, 3.63) is 64.9 Å². The van der Waals surface area contributed by atoms with Gasteiger partial charge in [-0.2, -0.15) is 9.61 Å². The number of amides is 1. The largest absolute Gasteiger partial charge is 0.332 e. The summed E-state index contributed by atoms with van der Waals surface area (Å²) < 4.78 is 1.71. The molecule has 1 amide bonds. The number of anilines is 1. The van der Waals surface area contributed by atoms with E-state index in [0.717, 1.165) is 27.0 Å². The SMILES string of the molecule is Cc1nnc2sc(-c3ccc(NC(=S)NC(=O)c4cccc(Cl)c4)cc3)nn12. The van der Waals surface area contributed by atoms with Gasteiger partial charge in [0, 0.05) is 21.8 Å². The summed E-state index contributed by atoms with van der Waals surface area (Å²) >= 11 is 12.6. The third-order valence-corrected chi connectivity index (χ3v) is 5.24. The molecular formula is C18H13ClN6OS2. The van der Waals surface area contributed by atoms with E-state index in [1.807, 2.05) is 31.2 Å². The zero-order chi connectivity index (χ0) is 19.7. The number of benzene rings is 2. The molecule has 0 aliphatic carbocycles. The van der Waals surface area contributed by atoms with Crippen molar-refractivity contribution in [3.63, 3.8) is 0 Å². The first-order valence-electron chi connectivity index (χ1n) is 8.17. The number of nitrogens with zero attached hydrogens (tertiary/aromatic N) is 4. The number of rotatable bonds is 3. The molecule has 28 heavy (non-hydrogen) atoms. The average molecular weight is 429 g/mol. The van der Waals surface area contributed by atoms with Crippen LogP contribution in [0.5, 0.6) is 0 Å². The van der Waals surface area contributed by atoms with Crippen LogP contribution in [0.1, 0.15) is 16.2 Å². The number of hydrogen-bond donors (Lipinski definition) is 2. The maximum atomic E-state index is 12.2. The lowest BCUT2D eigenvalue weighted by atomic mass is 10.2. The number of carbonyl (C=O) groups excluding carboxylic acids is 1. The van der Waals surface area contributed by atoms with E-state index in [-0.39, 0.29) is 11.0 Å². The molecular weight excluding hydrogens is 416 g/mol. The van der Waals surface area contributed by atoms with Crippen molar-refractivity contribution in [2.45, 2.75) is 6.92 Å². The molecule has 140 valence electrons. The summed E-state index contributed by atoms with van der Waals surface area (Å²) in [5.74, 6) is 0.420. The zero-order valence-corrected chi connectivity index (χ0v) is 16.9. The van der Waals surface area contributed by atoms with Gasteiger partial charge < -0.3 is 5.32 Å². The zero-order valence-electron chi connectivity index (χ0n) is 14.5. The molecule has 4 aromatic rings. The second kappa shape index (κ2) is 7.63. The fraction of sp³-hybridized carbons (Fsp3) is 0.0556. The van der Waals surface area contributed by atoms with Crippen molar-refractivity contribution >= 4 is 56.8 Å². The van der Waals surface area contributed by atoms with Crippen molar-refractivity contribution in [3.8, 4) is 10.6 Å². The molecule has 0 saturated heterocycles. The molecule has 2 aromatic heterocycles. The molecule has 0 aliphatic rings. The molecule has 0 saturated carbocycles. The summed E-state index contributed by atoms with van der Waals surface area (Å²) in [6.45, 7) is 1.86. The maximum Gasteiger partial charge on any atom is 0.257 e. The van der Waals surface area contributed by atoms with E-state index in [9.17, 15) is 4.79 Å². The lowest BCUT2D eigenvalue weighted by Crippen LogP contribution is -2.34. The number of aryl methyl sites for hydroxylation is 1. The van der Waals surface area contributed by atoms with Crippen molar-refractivity contribution in [2.75, 3.05) is 5.32 Å². The van der Waals surface area contributed by atoms with Crippen molar-refractivity contribution < 1.29 is 4.79 Å². The quantitative estimate of drug-likeness (QED) is 0.481. The summed E-state index contributed by atoms with van der Waals surface area (Å²) in [6, 6.07) is 14.2. The summed E-state index contributed by atoms with van der Waals surface area (Å²) in [6.07, 6.45) is 0. The van der Waals surface area contributed by atoms with E-state index < -0.39 is 0 Å². The van der Waals surface area contributed by atoms with E-state index in [2.05, 4.69) is 25.9 Å². The van der Waals surface area contributed by atoms with Gasteiger partial charge in [0.05, 0.1) is 0 Å². The number of carbonyl (C=O) groups is 1. The Morgan fingerprint density at radius 1 is 1.18 bits per heavy atom. The van der Waals surface area contributed by atoms with Crippen LogP contribution in [0.2, 0.25) is 5.02 Å². The smallest absolute Gasteiger partial charge is 0.257 e. The summed E-state index contributed by atoms with van der Waals surface area (Å²) in [4.78, 5) is 13.0. The fourth-order valence-electron chi connectivity index (χ4n) is 2.49. The summed E-state index contributed by atoms with van der Waals surface area (Å²) in [5.41, 5.74) is 2.14. The Kier molecular flexibility index (Phi) is 5.03. The molecule has 4 rings (SSSR count). The van der Waals surface area contributed by atoms with E-state index in [1.54, 1.807) is 28.8 Å². The molecule has 0 atom stereocenters. The van der Waals surface area contributed by atoms with Gasteiger partial charge in [-0.3, -0.25) is 10.1 Å². The van der Waals surface area contributed by atoms with Gasteiger partial charge in [0.25, 0.3) is 5.91 Å². The van der Waals surface area contributed by atoms with Gasteiger partial charge in [0.2, 0.25) is 4.96 Å². The van der Waals surface area contributed by atoms with E-state index in [0.29, 0.717) is 10.6 Å². The number of halogens is 1. The normalized spacial score (nSPS) is 10.8. The second-order valence-corrected chi connectivity index (χ2v) is 7.65. The molecule has 2 aromatic carbocycles. The third kappa shape index (κ3) is 3.86. The fourth-order valence-corrected chi connectivity index (χ4v) is 3.79. The first-order valence-corrected chi connectivity index (χ1v) is 9.77. The van der Waals surface area contributed by atoms with Gasteiger partial charge in [-0.1, -0.05) is 29.0 Å². The maximum absolute atomic E-state index is 12.2. The second-order valence-electron chi connectivity index (χ2n) is 5.84. The highest BCUT2D eigenvalue weighted by Gasteiger charge is 2.11. The Morgan fingerprint density at radius 3 is 2.68 bits per heavy atom. The van der Waals surface area contributed by atoms with Crippen LogP contribution in [0.25, 0.3) is 15.5 Å².